The number of nitrogens with one attached hydrogen (secondary N) is 1. The molecule has 0 saturated carbocycles. The first-order valence-corrected chi connectivity index (χ1v) is 8.01. The molecule has 0 radical (unpaired) electrons. The van der Waals surface area contributed by atoms with E-state index in [9.17, 15) is 14.7 Å². The Morgan fingerprint density at radius 2 is 2.14 bits per heavy atom. The molecule has 0 aromatic heterocycles. The highest BCUT2D eigenvalue weighted by Gasteiger charge is 2.27. The Morgan fingerprint density at radius 3 is 2.76 bits per heavy atom. The van der Waals surface area contributed by atoms with Crippen LogP contribution in [0.15, 0.2) is 30.3 Å². The molecule has 2 unspecified atom stereocenters. The fourth-order valence-electron chi connectivity index (χ4n) is 2.22. The normalized spacial score (nSPS) is 19.0. The van der Waals surface area contributed by atoms with Crippen LogP contribution < -0.4 is 5.32 Å². The van der Waals surface area contributed by atoms with Gasteiger partial charge in [0.2, 0.25) is 0 Å². The van der Waals surface area contributed by atoms with Gasteiger partial charge in [-0.15, -0.1) is 0 Å². The summed E-state index contributed by atoms with van der Waals surface area (Å²) in [4.78, 5) is 22.9. The second-order valence-corrected chi connectivity index (χ2v) is 6.38. The van der Waals surface area contributed by atoms with Crippen LogP contribution in [0, 0.1) is 0 Å². The molecular weight excluding hydrogens is 290 g/mol. The zero-order chi connectivity index (χ0) is 15.1. The predicted octanol–water partition coefficient (Wildman–Crippen LogP) is 2.65. The number of rotatable bonds is 6. The van der Waals surface area contributed by atoms with Crippen LogP contribution in [0.4, 0.5) is 4.79 Å². The van der Waals surface area contributed by atoms with Crippen LogP contribution in [-0.2, 0) is 16.1 Å². The number of hydrogen-bond acceptors (Lipinski definition) is 4. The Morgan fingerprint density at radius 1 is 1.38 bits per heavy atom. The van der Waals surface area contributed by atoms with Crippen LogP contribution >= 0.6 is 11.8 Å². The van der Waals surface area contributed by atoms with E-state index in [4.69, 9.17) is 4.74 Å². The molecule has 1 aliphatic rings. The van der Waals surface area contributed by atoms with Gasteiger partial charge in [0.25, 0.3) is 0 Å². The van der Waals surface area contributed by atoms with Gasteiger partial charge in [-0.2, -0.15) is 11.8 Å². The molecular formula is C15H19NO4S. The van der Waals surface area contributed by atoms with Crippen LogP contribution in [0.3, 0.4) is 0 Å². The topological polar surface area (TPSA) is 75.6 Å². The molecule has 6 heteroatoms. The summed E-state index contributed by atoms with van der Waals surface area (Å²) in [5.74, 6) is 0.0503. The van der Waals surface area contributed by atoms with E-state index in [0.29, 0.717) is 11.7 Å². The third-order valence-corrected chi connectivity index (χ3v) is 4.75. The Balaban J connectivity index is 1.79. The fourth-order valence-corrected chi connectivity index (χ4v) is 3.55. The maximum atomic E-state index is 11.7. The number of ether oxygens (including phenoxy) is 1. The molecule has 1 fully saturated rings. The lowest BCUT2D eigenvalue weighted by Crippen LogP contribution is -2.42. The largest absolute Gasteiger partial charge is 0.480 e. The number of aliphatic carboxylic acids is 1. The Bertz CT molecular complexity index is 474. The number of carbonyl (C=O) groups is 2. The van der Waals surface area contributed by atoms with Crippen molar-refractivity contribution in [3.8, 4) is 0 Å². The molecule has 1 heterocycles. The van der Waals surface area contributed by atoms with Crippen molar-refractivity contribution in [2.24, 2.45) is 0 Å². The second kappa shape index (κ2) is 7.93. The smallest absolute Gasteiger partial charge is 0.408 e. The van der Waals surface area contributed by atoms with Gasteiger partial charge < -0.3 is 15.2 Å². The lowest BCUT2D eigenvalue weighted by molar-refractivity contribution is -0.139. The minimum Gasteiger partial charge on any atom is -0.480 e. The van der Waals surface area contributed by atoms with Crippen molar-refractivity contribution >= 4 is 23.8 Å². The highest BCUT2D eigenvalue weighted by atomic mass is 32.2. The fraction of sp³-hybridized carbons (Fsp3) is 0.467. The van der Waals surface area contributed by atoms with Gasteiger partial charge in [0.15, 0.2) is 0 Å². The molecule has 114 valence electrons. The van der Waals surface area contributed by atoms with E-state index >= 15 is 0 Å². The summed E-state index contributed by atoms with van der Waals surface area (Å²) in [5.41, 5.74) is 0.867. The predicted molar refractivity (Wildman–Crippen MR) is 81.3 cm³/mol. The van der Waals surface area contributed by atoms with Gasteiger partial charge >= 0.3 is 12.1 Å². The number of alkyl carbamates (subject to hydrolysis) is 1. The maximum absolute atomic E-state index is 11.7. The van der Waals surface area contributed by atoms with Crippen LogP contribution in [-0.4, -0.2) is 34.2 Å². The van der Waals surface area contributed by atoms with Crippen molar-refractivity contribution in [1.82, 2.24) is 5.32 Å². The number of benzene rings is 1. The van der Waals surface area contributed by atoms with E-state index in [1.165, 1.54) is 0 Å². The van der Waals surface area contributed by atoms with E-state index in [1.807, 2.05) is 30.3 Å². The van der Waals surface area contributed by atoms with Crippen molar-refractivity contribution in [3.63, 3.8) is 0 Å². The molecule has 21 heavy (non-hydrogen) atoms. The molecule has 0 bridgehead atoms. The Labute approximate surface area is 128 Å². The van der Waals surface area contributed by atoms with Gasteiger partial charge in [0, 0.05) is 5.25 Å². The molecule has 2 atom stereocenters. The van der Waals surface area contributed by atoms with E-state index in [-0.39, 0.29) is 6.61 Å². The molecule has 2 rings (SSSR count). The first kappa shape index (κ1) is 15.7. The third kappa shape index (κ3) is 5.30. The summed E-state index contributed by atoms with van der Waals surface area (Å²) in [6.07, 6.45) is 1.88. The molecule has 1 aliphatic heterocycles. The first-order valence-electron chi connectivity index (χ1n) is 6.97. The molecule has 5 nitrogen and oxygen atoms in total. The third-order valence-electron chi connectivity index (χ3n) is 3.33. The first-order chi connectivity index (χ1) is 10.1. The molecule has 1 aromatic carbocycles. The van der Waals surface area contributed by atoms with Crippen molar-refractivity contribution in [2.75, 3.05) is 5.75 Å². The minimum absolute atomic E-state index is 0.136. The number of amides is 1. The number of hydrogen-bond donors (Lipinski definition) is 2. The molecule has 1 aromatic rings. The number of thioether (sulfide) groups is 1. The number of carbonyl (C=O) groups excluding carboxylic acids is 1. The van der Waals surface area contributed by atoms with E-state index in [0.717, 1.165) is 24.2 Å². The molecule has 0 aliphatic carbocycles. The van der Waals surface area contributed by atoms with Crippen LogP contribution in [0.5, 0.6) is 0 Å². The highest BCUT2D eigenvalue weighted by Crippen LogP contribution is 2.29. The maximum Gasteiger partial charge on any atom is 0.408 e. The molecule has 2 N–H and O–H groups in total. The average molecular weight is 309 g/mol. The lowest BCUT2D eigenvalue weighted by atomic mass is 10.1. The van der Waals surface area contributed by atoms with Crippen LogP contribution in [0.1, 0.15) is 24.8 Å². The van der Waals surface area contributed by atoms with Crippen LogP contribution in [0.2, 0.25) is 0 Å². The summed E-state index contributed by atoms with van der Waals surface area (Å²) in [6.45, 7) is 0.136. The SMILES string of the molecule is O=C(NC(CC1CCCS1)C(=O)O)OCc1ccccc1. The van der Waals surface area contributed by atoms with Gasteiger partial charge in [0.05, 0.1) is 0 Å². The second-order valence-electron chi connectivity index (χ2n) is 4.97. The standard InChI is InChI=1S/C15H19NO4S/c17-14(18)13(9-12-7-4-8-21-12)16-15(19)20-10-11-5-2-1-3-6-11/h1-3,5-6,12-13H,4,7-10H2,(H,16,19)(H,17,18). The van der Waals surface area contributed by atoms with Crippen molar-refractivity contribution < 1.29 is 19.4 Å². The number of carboxylic acid groups (broad SMARTS) is 1. The van der Waals surface area contributed by atoms with Gasteiger partial charge in [-0.25, -0.2) is 9.59 Å². The van der Waals surface area contributed by atoms with E-state index in [2.05, 4.69) is 5.32 Å². The summed E-state index contributed by atoms with van der Waals surface area (Å²) in [5, 5.41) is 11.9. The van der Waals surface area contributed by atoms with Gasteiger partial charge in [0.1, 0.15) is 12.6 Å². The monoisotopic (exact) mass is 309 g/mol. The zero-order valence-corrected chi connectivity index (χ0v) is 12.5. The summed E-state index contributed by atoms with van der Waals surface area (Å²) < 4.78 is 5.05. The van der Waals surface area contributed by atoms with Gasteiger partial charge in [-0.3, -0.25) is 0 Å². The molecule has 1 saturated heterocycles. The Kier molecular flexibility index (Phi) is 5.92. The lowest BCUT2D eigenvalue weighted by Gasteiger charge is -2.17. The Hall–Kier alpha value is -1.69. The highest BCUT2D eigenvalue weighted by molar-refractivity contribution is 8.00. The van der Waals surface area contributed by atoms with E-state index in [1.54, 1.807) is 11.8 Å². The quantitative estimate of drug-likeness (QED) is 0.845. The summed E-state index contributed by atoms with van der Waals surface area (Å²) >= 11 is 1.77. The zero-order valence-electron chi connectivity index (χ0n) is 11.7. The van der Waals surface area contributed by atoms with Gasteiger partial charge in [-0.1, -0.05) is 30.3 Å². The summed E-state index contributed by atoms with van der Waals surface area (Å²) in [6, 6.07) is 8.39. The summed E-state index contributed by atoms with van der Waals surface area (Å²) in [7, 11) is 0. The molecule has 1 amide bonds. The van der Waals surface area contributed by atoms with E-state index < -0.39 is 18.1 Å². The number of carboxylic acids is 1. The van der Waals surface area contributed by atoms with Crippen molar-refractivity contribution in [3.05, 3.63) is 35.9 Å². The minimum atomic E-state index is -1.01. The van der Waals surface area contributed by atoms with Crippen LogP contribution in [0.25, 0.3) is 0 Å². The van der Waals surface area contributed by atoms with Gasteiger partial charge in [-0.05, 0) is 30.6 Å². The van der Waals surface area contributed by atoms with Crippen molar-refractivity contribution in [2.45, 2.75) is 37.2 Å². The average Bonchev–Trinajstić information content (AvgIpc) is 2.98. The van der Waals surface area contributed by atoms with Crippen molar-refractivity contribution in [1.29, 1.82) is 0 Å². The molecule has 0 spiro atoms.